The van der Waals surface area contributed by atoms with Crippen molar-refractivity contribution in [3.05, 3.63) is 17.8 Å². The highest BCUT2D eigenvalue weighted by Gasteiger charge is 2.01. The second-order valence-electron chi connectivity index (χ2n) is 1.62. The molecular formula is C5H6ClN3. The first kappa shape index (κ1) is 6.16. The fraction of sp³-hybridized carbons (Fsp3) is 0. The minimum Gasteiger partial charge on any atom is -0.385 e. The van der Waals surface area contributed by atoms with Crippen molar-refractivity contribution in [2.75, 3.05) is 5.73 Å². The number of hydrogen-bond acceptors (Lipinski definition) is 2. The lowest BCUT2D eigenvalue weighted by molar-refractivity contribution is 1.41. The number of hydrogen-bond donors (Lipinski definition) is 3. The van der Waals surface area contributed by atoms with Gasteiger partial charge in [0.05, 0.1) is 5.56 Å². The van der Waals surface area contributed by atoms with Crippen LogP contribution in [0.5, 0.6) is 0 Å². The zero-order valence-electron chi connectivity index (χ0n) is 4.61. The molecule has 0 amide bonds. The molecule has 0 fully saturated rings. The van der Waals surface area contributed by atoms with Gasteiger partial charge in [0.1, 0.15) is 11.0 Å². The number of H-pyrrole nitrogens is 1. The number of nitrogen functional groups attached to an aromatic ring is 1. The van der Waals surface area contributed by atoms with Crippen molar-refractivity contribution in [3.8, 4) is 0 Å². The Morgan fingerprint density at radius 3 is 2.67 bits per heavy atom. The van der Waals surface area contributed by atoms with Crippen molar-refractivity contribution in [2.24, 2.45) is 0 Å². The molecule has 0 aliphatic rings. The first-order chi connectivity index (χ1) is 4.22. The van der Waals surface area contributed by atoms with Crippen LogP contribution >= 0.6 is 11.6 Å². The molecule has 0 radical (unpaired) electrons. The van der Waals surface area contributed by atoms with E-state index in [0.717, 1.165) is 0 Å². The van der Waals surface area contributed by atoms with Crippen molar-refractivity contribution in [1.82, 2.24) is 4.98 Å². The van der Waals surface area contributed by atoms with E-state index >= 15 is 0 Å². The third-order valence-corrected chi connectivity index (χ3v) is 1.22. The van der Waals surface area contributed by atoms with Gasteiger partial charge in [-0.15, -0.1) is 0 Å². The third kappa shape index (κ3) is 1.05. The molecule has 1 heterocycles. The Kier molecular flexibility index (Phi) is 1.44. The van der Waals surface area contributed by atoms with Crippen molar-refractivity contribution >= 4 is 22.6 Å². The van der Waals surface area contributed by atoms with Gasteiger partial charge in [0.15, 0.2) is 0 Å². The molecule has 0 saturated heterocycles. The zero-order chi connectivity index (χ0) is 6.85. The van der Waals surface area contributed by atoms with Crippen molar-refractivity contribution in [3.63, 3.8) is 0 Å². The fourth-order valence-corrected chi connectivity index (χ4v) is 0.739. The molecular weight excluding hydrogens is 138 g/mol. The SMILES string of the molecule is N=C(Cl)c1cc[nH]c1N. The van der Waals surface area contributed by atoms with E-state index in [9.17, 15) is 0 Å². The fourth-order valence-electron chi connectivity index (χ4n) is 0.574. The van der Waals surface area contributed by atoms with Crippen LogP contribution in [0.1, 0.15) is 5.56 Å². The first-order valence-corrected chi connectivity index (χ1v) is 2.77. The van der Waals surface area contributed by atoms with E-state index in [4.69, 9.17) is 22.7 Å². The average Bonchev–Trinajstić information content (AvgIpc) is 2.13. The standard InChI is InChI=1S/C5H6ClN3/c6-4(7)3-1-2-9-5(3)8/h1-2,7,9H,8H2. The lowest BCUT2D eigenvalue weighted by atomic mass is 10.3. The Labute approximate surface area is 57.3 Å². The van der Waals surface area contributed by atoms with Crippen LogP contribution < -0.4 is 5.73 Å². The van der Waals surface area contributed by atoms with E-state index in [0.29, 0.717) is 11.4 Å². The predicted molar refractivity (Wildman–Crippen MR) is 37.9 cm³/mol. The molecule has 4 heteroatoms. The molecule has 1 aromatic rings. The normalized spacial score (nSPS) is 9.44. The molecule has 3 nitrogen and oxygen atoms in total. The molecule has 0 aliphatic carbocycles. The Morgan fingerprint density at radius 2 is 2.44 bits per heavy atom. The number of rotatable bonds is 1. The highest BCUT2D eigenvalue weighted by Crippen LogP contribution is 2.10. The second kappa shape index (κ2) is 2.11. The van der Waals surface area contributed by atoms with E-state index in [2.05, 4.69) is 4.98 Å². The van der Waals surface area contributed by atoms with Gasteiger partial charge < -0.3 is 10.7 Å². The maximum atomic E-state index is 6.96. The molecule has 0 aromatic carbocycles. The van der Waals surface area contributed by atoms with Crippen LogP contribution in [0.25, 0.3) is 0 Å². The monoisotopic (exact) mass is 143 g/mol. The number of nitrogens with one attached hydrogen (secondary N) is 2. The van der Waals surface area contributed by atoms with Gasteiger partial charge in [0.25, 0.3) is 0 Å². The van der Waals surface area contributed by atoms with Crippen molar-refractivity contribution in [2.45, 2.75) is 0 Å². The smallest absolute Gasteiger partial charge is 0.131 e. The molecule has 0 spiro atoms. The maximum Gasteiger partial charge on any atom is 0.131 e. The number of anilines is 1. The summed E-state index contributed by atoms with van der Waals surface area (Å²) in [5.41, 5.74) is 5.91. The van der Waals surface area contributed by atoms with E-state index in [1.807, 2.05) is 0 Å². The van der Waals surface area contributed by atoms with Crippen molar-refractivity contribution in [1.29, 1.82) is 5.41 Å². The summed E-state index contributed by atoms with van der Waals surface area (Å²) in [4.78, 5) is 2.70. The minimum absolute atomic E-state index is 0.0336. The largest absolute Gasteiger partial charge is 0.385 e. The zero-order valence-corrected chi connectivity index (χ0v) is 5.37. The summed E-state index contributed by atoms with van der Waals surface area (Å²) in [5, 5.41) is 6.92. The van der Waals surface area contributed by atoms with Gasteiger partial charge in [-0.25, -0.2) is 0 Å². The molecule has 0 bridgehead atoms. The second-order valence-corrected chi connectivity index (χ2v) is 2.00. The number of halogens is 1. The summed E-state index contributed by atoms with van der Waals surface area (Å²) in [7, 11) is 0. The van der Waals surface area contributed by atoms with Crippen molar-refractivity contribution < 1.29 is 0 Å². The Hall–Kier alpha value is -0.960. The predicted octanol–water partition coefficient (Wildman–Crippen LogP) is 1.16. The maximum absolute atomic E-state index is 6.96. The third-order valence-electron chi connectivity index (χ3n) is 1.02. The molecule has 0 aliphatic heterocycles. The topological polar surface area (TPSA) is 65.7 Å². The molecule has 0 unspecified atom stereocenters. The number of nitrogens with two attached hydrogens (primary N) is 1. The average molecular weight is 144 g/mol. The van der Waals surface area contributed by atoms with Crippen LogP contribution in [0.2, 0.25) is 0 Å². The first-order valence-electron chi connectivity index (χ1n) is 2.39. The van der Waals surface area contributed by atoms with E-state index in [-0.39, 0.29) is 5.17 Å². The van der Waals surface area contributed by atoms with Gasteiger partial charge in [0.2, 0.25) is 0 Å². The lowest BCUT2D eigenvalue weighted by Crippen LogP contribution is -1.93. The molecule has 0 saturated carbocycles. The molecule has 1 rings (SSSR count). The number of aromatic nitrogens is 1. The molecule has 9 heavy (non-hydrogen) atoms. The summed E-state index contributed by atoms with van der Waals surface area (Å²) in [6, 6.07) is 1.66. The summed E-state index contributed by atoms with van der Waals surface area (Å²) >= 11 is 5.33. The minimum atomic E-state index is -0.0336. The summed E-state index contributed by atoms with van der Waals surface area (Å²) < 4.78 is 0. The molecule has 0 atom stereocenters. The Bertz CT molecular complexity index is 228. The van der Waals surface area contributed by atoms with E-state index in [1.165, 1.54) is 0 Å². The van der Waals surface area contributed by atoms with Crippen LogP contribution in [0.3, 0.4) is 0 Å². The van der Waals surface area contributed by atoms with Gasteiger partial charge in [-0.2, -0.15) is 0 Å². The van der Waals surface area contributed by atoms with Gasteiger partial charge in [-0.3, -0.25) is 5.41 Å². The molecule has 4 N–H and O–H groups in total. The number of aromatic amines is 1. The molecule has 1 aromatic heterocycles. The molecule has 48 valence electrons. The van der Waals surface area contributed by atoms with Crippen LogP contribution in [-0.4, -0.2) is 10.2 Å². The van der Waals surface area contributed by atoms with Gasteiger partial charge >= 0.3 is 0 Å². The highest BCUT2D eigenvalue weighted by atomic mass is 35.5. The van der Waals surface area contributed by atoms with Gasteiger partial charge in [-0.1, -0.05) is 11.6 Å². The summed E-state index contributed by atoms with van der Waals surface area (Å²) in [5.74, 6) is 0.440. The van der Waals surface area contributed by atoms with Crippen LogP contribution in [0, 0.1) is 5.41 Å². The summed E-state index contributed by atoms with van der Waals surface area (Å²) in [6.07, 6.45) is 1.64. The van der Waals surface area contributed by atoms with Crippen LogP contribution in [-0.2, 0) is 0 Å². The lowest BCUT2D eigenvalue weighted by Gasteiger charge is -1.89. The highest BCUT2D eigenvalue weighted by molar-refractivity contribution is 6.69. The van der Waals surface area contributed by atoms with E-state index in [1.54, 1.807) is 12.3 Å². The quantitative estimate of drug-likeness (QED) is 0.508. The van der Waals surface area contributed by atoms with E-state index < -0.39 is 0 Å². The Morgan fingerprint density at radius 1 is 1.78 bits per heavy atom. The van der Waals surface area contributed by atoms with Crippen LogP contribution in [0.15, 0.2) is 12.3 Å². The summed E-state index contributed by atoms with van der Waals surface area (Å²) in [6.45, 7) is 0. The Balaban J connectivity index is 3.08. The van der Waals surface area contributed by atoms with Gasteiger partial charge in [0, 0.05) is 6.20 Å². The van der Waals surface area contributed by atoms with Gasteiger partial charge in [-0.05, 0) is 6.07 Å². The van der Waals surface area contributed by atoms with Crippen LogP contribution in [0.4, 0.5) is 5.82 Å².